The van der Waals surface area contributed by atoms with E-state index in [0.717, 1.165) is 17.7 Å². The number of amides is 2. The number of nitrogens with zero attached hydrogens (tertiary/aromatic N) is 3. The summed E-state index contributed by atoms with van der Waals surface area (Å²) in [7, 11) is 0. The maximum Gasteiger partial charge on any atom is 0.416 e. The van der Waals surface area contributed by atoms with E-state index < -0.39 is 23.6 Å². The standard InChI is InChI=1S/C22H16F3N5O2/c1-13-5-6-17(28-20(31)14-3-2-4-16(9-14)22(23,24)25)10-18(13)29-21(32)15-11-26-19-7-8-27-30(19)12-15/h2-12H,1H3,(H,28,31)(H,29,32). The predicted molar refractivity (Wildman–Crippen MR) is 112 cm³/mol. The van der Waals surface area contributed by atoms with Gasteiger partial charge in [-0.25, -0.2) is 9.50 Å². The third kappa shape index (κ3) is 4.43. The highest BCUT2D eigenvalue weighted by atomic mass is 19.4. The van der Waals surface area contributed by atoms with Crippen LogP contribution in [0.1, 0.15) is 31.8 Å². The number of anilines is 2. The zero-order valence-electron chi connectivity index (χ0n) is 16.6. The lowest BCUT2D eigenvalue weighted by Gasteiger charge is -2.12. The molecule has 7 nitrogen and oxygen atoms in total. The number of aromatic nitrogens is 3. The number of nitrogens with one attached hydrogen (secondary N) is 2. The van der Waals surface area contributed by atoms with Crippen LogP contribution < -0.4 is 10.6 Å². The van der Waals surface area contributed by atoms with Crippen LogP contribution >= 0.6 is 0 Å². The number of fused-ring (bicyclic) bond motifs is 1. The molecule has 0 atom stereocenters. The first-order valence-electron chi connectivity index (χ1n) is 9.41. The molecule has 2 heterocycles. The van der Waals surface area contributed by atoms with Crippen molar-refractivity contribution in [3.8, 4) is 0 Å². The van der Waals surface area contributed by atoms with Crippen LogP contribution in [0.5, 0.6) is 0 Å². The van der Waals surface area contributed by atoms with Crippen LogP contribution in [0, 0.1) is 6.92 Å². The fourth-order valence-corrected chi connectivity index (χ4v) is 3.00. The zero-order chi connectivity index (χ0) is 22.9. The number of carbonyl (C=O) groups excluding carboxylic acids is 2. The molecule has 0 saturated heterocycles. The summed E-state index contributed by atoms with van der Waals surface area (Å²) in [6.45, 7) is 1.77. The number of rotatable bonds is 4. The molecule has 0 spiro atoms. The number of hydrogen-bond donors (Lipinski definition) is 2. The molecule has 0 bridgehead atoms. The number of alkyl halides is 3. The molecule has 0 aliphatic rings. The third-order valence-corrected chi connectivity index (χ3v) is 4.70. The molecule has 2 aromatic heterocycles. The van der Waals surface area contributed by atoms with Crippen LogP contribution in [-0.2, 0) is 6.18 Å². The second-order valence-electron chi connectivity index (χ2n) is 6.99. The van der Waals surface area contributed by atoms with Gasteiger partial charge in [0.05, 0.1) is 17.3 Å². The van der Waals surface area contributed by atoms with Gasteiger partial charge in [0.2, 0.25) is 0 Å². The van der Waals surface area contributed by atoms with Crippen molar-refractivity contribution in [1.82, 2.24) is 14.6 Å². The maximum absolute atomic E-state index is 12.9. The molecule has 0 aliphatic heterocycles. The van der Waals surface area contributed by atoms with Crippen LogP contribution in [0.2, 0.25) is 0 Å². The van der Waals surface area contributed by atoms with E-state index in [0.29, 0.717) is 17.0 Å². The van der Waals surface area contributed by atoms with Crippen molar-refractivity contribution in [2.45, 2.75) is 13.1 Å². The Labute approximate surface area is 179 Å². The predicted octanol–water partition coefficient (Wildman–Crippen LogP) is 4.56. The van der Waals surface area contributed by atoms with Crippen LogP contribution in [0.3, 0.4) is 0 Å². The first-order chi connectivity index (χ1) is 15.2. The largest absolute Gasteiger partial charge is 0.416 e. The molecule has 2 N–H and O–H groups in total. The minimum absolute atomic E-state index is 0.135. The average molecular weight is 439 g/mol. The van der Waals surface area contributed by atoms with Gasteiger partial charge < -0.3 is 10.6 Å². The number of halogens is 3. The molecule has 4 rings (SSSR count). The Hall–Kier alpha value is -4.21. The van der Waals surface area contributed by atoms with Crippen LogP contribution in [0.15, 0.2) is 67.1 Å². The van der Waals surface area contributed by atoms with E-state index in [1.807, 2.05) is 0 Å². The highest BCUT2D eigenvalue weighted by Gasteiger charge is 2.30. The molecule has 0 unspecified atom stereocenters. The number of benzene rings is 2. The second-order valence-corrected chi connectivity index (χ2v) is 6.99. The monoisotopic (exact) mass is 439 g/mol. The Morgan fingerprint density at radius 3 is 2.53 bits per heavy atom. The Morgan fingerprint density at radius 2 is 1.75 bits per heavy atom. The lowest BCUT2D eigenvalue weighted by Crippen LogP contribution is -2.16. The highest BCUT2D eigenvalue weighted by molar-refractivity contribution is 6.06. The van der Waals surface area contributed by atoms with E-state index in [4.69, 9.17) is 0 Å². The molecular formula is C22H16F3N5O2. The van der Waals surface area contributed by atoms with Gasteiger partial charge in [0, 0.05) is 35.4 Å². The molecule has 162 valence electrons. The SMILES string of the molecule is Cc1ccc(NC(=O)c2cccc(C(F)(F)F)c2)cc1NC(=O)c1cnc2ccnn2c1. The minimum Gasteiger partial charge on any atom is -0.322 e. The number of aryl methyl sites for hydroxylation is 1. The first kappa shape index (κ1) is 21.0. The van der Waals surface area contributed by atoms with E-state index >= 15 is 0 Å². The summed E-state index contributed by atoms with van der Waals surface area (Å²) in [5, 5.41) is 9.34. The Morgan fingerprint density at radius 1 is 0.969 bits per heavy atom. The highest BCUT2D eigenvalue weighted by Crippen LogP contribution is 2.30. The minimum atomic E-state index is -4.55. The summed E-state index contributed by atoms with van der Waals surface area (Å²) in [5.41, 5.74) is 1.29. The maximum atomic E-state index is 12.9. The van der Waals surface area contributed by atoms with Crippen molar-refractivity contribution in [3.05, 3.63) is 89.4 Å². The second kappa shape index (κ2) is 8.14. The lowest BCUT2D eigenvalue weighted by atomic mass is 10.1. The summed E-state index contributed by atoms with van der Waals surface area (Å²) in [6.07, 6.45) is -0.0381. The van der Waals surface area contributed by atoms with Gasteiger partial charge >= 0.3 is 6.18 Å². The quantitative estimate of drug-likeness (QED) is 0.488. The summed E-state index contributed by atoms with van der Waals surface area (Å²) >= 11 is 0. The molecule has 0 radical (unpaired) electrons. The van der Waals surface area contributed by atoms with Gasteiger partial charge in [0.25, 0.3) is 11.8 Å². The average Bonchev–Trinajstić information content (AvgIpc) is 3.23. The summed E-state index contributed by atoms with van der Waals surface area (Å²) in [5.74, 6) is -1.13. The zero-order valence-corrected chi connectivity index (χ0v) is 16.6. The molecule has 2 aromatic carbocycles. The van der Waals surface area contributed by atoms with Crippen LogP contribution in [0.4, 0.5) is 24.5 Å². The van der Waals surface area contributed by atoms with Crippen molar-refractivity contribution in [2.24, 2.45) is 0 Å². The van der Waals surface area contributed by atoms with Crippen molar-refractivity contribution < 1.29 is 22.8 Å². The van der Waals surface area contributed by atoms with Crippen molar-refractivity contribution in [2.75, 3.05) is 10.6 Å². The molecule has 0 aliphatic carbocycles. The third-order valence-electron chi connectivity index (χ3n) is 4.70. The molecule has 10 heteroatoms. The molecular weight excluding hydrogens is 423 g/mol. The Bertz CT molecular complexity index is 1330. The first-order valence-corrected chi connectivity index (χ1v) is 9.41. The molecule has 2 amide bonds. The lowest BCUT2D eigenvalue weighted by molar-refractivity contribution is -0.137. The van der Waals surface area contributed by atoms with E-state index in [1.54, 1.807) is 31.3 Å². The van der Waals surface area contributed by atoms with Crippen molar-refractivity contribution >= 4 is 28.8 Å². The summed E-state index contributed by atoms with van der Waals surface area (Å²) in [4.78, 5) is 29.2. The van der Waals surface area contributed by atoms with E-state index in [1.165, 1.54) is 35.1 Å². The van der Waals surface area contributed by atoms with Crippen molar-refractivity contribution in [3.63, 3.8) is 0 Å². The smallest absolute Gasteiger partial charge is 0.322 e. The van der Waals surface area contributed by atoms with E-state index in [-0.39, 0.29) is 11.1 Å². The molecule has 0 fully saturated rings. The number of carbonyl (C=O) groups is 2. The van der Waals surface area contributed by atoms with Gasteiger partial charge in [-0.2, -0.15) is 18.3 Å². The van der Waals surface area contributed by atoms with Gasteiger partial charge in [0.1, 0.15) is 0 Å². The molecule has 4 aromatic rings. The van der Waals surface area contributed by atoms with Gasteiger partial charge in [-0.15, -0.1) is 0 Å². The molecule has 0 saturated carbocycles. The van der Waals surface area contributed by atoms with Gasteiger partial charge in [-0.05, 0) is 42.8 Å². The Kier molecular flexibility index (Phi) is 5.35. The fourth-order valence-electron chi connectivity index (χ4n) is 3.00. The normalized spacial score (nSPS) is 11.4. The topological polar surface area (TPSA) is 88.4 Å². The van der Waals surface area contributed by atoms with Gasteiger partial charge in [-0.1, -0.05) is 12.1 Å². The summed E-state index contributed by atoms with van der Waals surface area (Å²) in [6, 6.07) is 10.6. The Balaban J connectivity index is 1.52. The van der Waals surface area contributed by atoms with Crippen LogP contribution in [-0.4, -0.2) is 26.4 Å². The molecule has 32 heavy (non-hydrogen) atoms. The summed E-state index contributed by atoms with van der Waals surface area (Å²) < 4.78 is 40.2. The van der Waals surface area contributed by atoms with Crippen molar-refractivity contribution in [1.29, 1.82) is 0 Å². The van der Waals surface area contributed by atoms with E-state index in [2.05, 4.69) is 20.7 Å². The van der Waals surface area contributed by atoms with Gasteiger partial charge in [-0.3, -0.25) is 9.59 Å². The van der Waals surface area contributed by atoms with E-state index in [9.17, 15) is 22.8 Å². The van der Waals surface area contributed by atoms with Gasteiger partial charge in [0.15, 0.2) is 5.65 Å². The number of hydrogen-bond acceptors (Lipinski definition) is 4. The van der Waals surface area contributed by atoms with Crippen LogP contribution in [0.25, 0.3) is 5.65 Å². The fraction of sp³-hybridized carbons (Fsp3) is 0.0909.